The zero-order valence-corrected chi connectivity index (χ0v) is 18.8. The topological polar surface area (TPSA) is 106 Å². The molecule has 0 fully saturated rings. The molecule has 162 valence electrons. The Morgan fingerprint density at radius 1 is 1.16 bits per heavy atom. The molecule has 2 aromatic carbocycles. The maximum absolute atomic E-state index is 12.2. The molecule has 2 aromatic heterocycles. The third kappa shape index (κ3) is 3.55. The summed E-state index contributed by atoms with van der Waals surface area (Å²) in [6.07, 6.45) is 1.97. The number of nitrogens with one attached hydrogen (secondary N) is 1. The normalized spacial score (nSPS) is 11.2. The molecule has 0 atom stereocenters. The van der Waals surface area contributed by atoms with Crippen molar-refractivity contribution in [3.63, 3.8) is 0 Å². The minimum Gasteiger partial charge on any atom is -0.497 e. The Morgan fingerprint density at radius 2 is 1.84 bits per heavy atom. The first-order chi connectivity index (χ1) is 15.2. The molecule has 10 heteroatoms. The molecule has 0 aliphatic rings. The van der Waals surface area contributed by atoms with Crippen LogP contribution >= 0.6 is 23.2 Å². The number of rotatable bonds is 4. The van der Waals surface area contributed by atoms with Crippen molar-refractivity contribution in [1.29, 1.82) is 5.26 Å². The van der Waals surface area contributed by atoms with Gasteiger partial charge in [0, 0.05) is 11.6 Å². The van der Waals surface area contributed by atoms with E-state index in [1.807, 2.05) is 29.0 Å². The van der Waals surface area contributed by atoms with E-state index in [1.165, 1.54) is 12.1 Å². The average molecular weight is 470 g/mol. The van der Waals surface area contributed by atoms with Gasteiger partial charge in [-0.2, -0.15) is 9.94 Å². The van der Waals surface area contributed by atoms with E-state index in [9.17, 15) is 9.59 Å². The number of fused-ring (bicyclic) bond motifs is 1. The van der Waals surface area contributed by atoms with Gasteiger partial charge in [-0.05, 0) is 41.8 Å². The van der Waals surface area contributed by atoms with E-state index in [0.717, 1.165) is 26.9 Å². The van der Waals surface area contributed by atoms with Gasteiger partial charge in [-0.15, -0.1) is 5.10 Å². The lowest BCUT2D eigenvalue weighted by Gasteiger charge is -2.13. The van der Waals surface area contributed by atoms with Crippen LogP contribution in [0.4, 0.5) is 0 Å². The summed E-state index contributed by atoms with van der Waals surface area (Å²) in [5.74, 6) is 0.970. The summed E-state index contributed by atoms with van der Waals surface area (Å²) in [4.78, 5) is 25.9. The van der Waals surface area contributed by atoms with Crippen molar-refractivity contribution in [2.75, 3.05) is 7.11 Å². The van der Waals surface area contributed by atoms with Gasteiger partial charge in [0.25, 0.3) is 5.56 Å². The Morgan fingerprint density at radius 3 is 2.44 bits per heavy atom. The molecule has 4 aromatic rings. The zero-order chi connectivity index (χ0) is 23.2. The molecular formula is C22H17Cl2N5O3. The van der Waals surface area contributed by atoms with Gasteiger partial charge in [-0.3, -0.25) is 9.78 Å². The van der Waals surface area contributed by atoms with Crippen molar-refractivity contribution in [1.82, 2.24) is 19.3 Å². The second kappa shape index (κ2) is 8.19. The van der Waals surface area contributed by atoms with Crippen LogP contribution in [0.3, 0.4) is 0 Å². The molecular weight excluding hydrogens is 453 g/mol. The predicted molar refractivity (Wildman–Crippen MR) is 123 cm³/mol. The van der Waals surface area contributed by atoms with Gasteiger partial charge in [0.2, 0.25) is 5.69 Å². The molecule has 0 aliphatic carbocycles. The van der Waals surface area contributed by atoms with Gasteiger partial charge in [0.05, 0.1) is 34.0 Å². The molecule has 4 rings (SSSR count). The van der Waals surface area contributed by atoms with Gasteiger partial charge in [0.1, 0.15) is 11.8 Å². The summed E-state index contributed by atoms with van der Waals surface area (Å²) in [6.45, 7) is 4.18. The summed E-state index contributed by atoms with van der Waals surface area (Å²) in [6, 6.07) is 10.4. The molecule has 2 heterocycles. The number of hydrogen-bond donors (Lipinski definition) is 1. The van der Waals surface area contributed by atoms with E-state index in [4.69, 9.17) is 33.2 Å². The van der Waals surface area contributed by atoms with Crippen molar-refractivity contribution >= 4 is 34.1 Å². The fraction of sp³-hybridized carbons (Fsp3) is 0.182. The lowest BCUT2D eigenvalue weighted by molar-refractivity contribution is 0.415. The molecule has 0 spiro atoms. The molecule has 0 amide bonds. The van der Waals surface area contributed by atoms with E-state index < -0.39 is 16.9 Å². The van der Waals surface area contributed by atoms with Gasteiger partial charge >= 0.3 is 5.69 Å². The van der Waals surface area contributed by atoms with Crippen LogP contribution in [0.15, 0.2) is 46.1 Å². The van der Waals surface area contributed by atoms with Crippen molar-refractivity contribution < 1.29 is 4.74 Å². The Bertz CT molecular complexity index is 1500. The highest BCUT2D eigenvalue weighted by Gasteiger charge is 2.19. The lowest BCUT2D eigenvalue weighted by atomic mass is 10.0. The lowest BCUT2D eigenvalue weighted by Crippen LogP contribution is -2.33. The smallest absolute Gasteiger partial charge is 0.349 e. The second-order valence-electron chi connectivity index (χ2n) is 7.38. The number of hydrogen-bond acceptors (Lipinski definition) is 5. The summed E-state index contributed by atoms with van der Waals surface area (Å²) >= 11 is 13.2. The standard InChI is InChI=1S/C22H17Cl2N5O3/c1-11(2)15-10-28(19-5-4-13(32-3)8-14(15)19)20-16(23)6-12(7-17(20)24)29-22(31)26-21(30)18(9-25)27-29/h4-8,10-11H,1-3H3,(H,26,30,31). The van der Waals surface area contributed by atoms with Crippen LogP contribution in [0.1, 0.15) is 31.0 Å². The number of methoxy groups -OCH3 is 1. The summed E-state index contributed by atoms with van der Waals surface area (Å²) in [5.41, 5.74) is 0.589. The molecule has 1 N–H and O–H groups in total. The number of nitrogens with zero attached hydrogens (tertiary/aromatic N) is 4. The Hall–Kier alpha value is -3.54. The quantitative estimate of drug-likeness (QED) is 0.482. The van der Waals surface area contributed by atoms with Gasteiger partial charge < -0.3 is 9.30 Å². The highest BCUT2D eigenvalue weighted by Crippen LogP contribution is 2.38. The van der Waals surface area contributed by atoms with Crippen molar-refractivity contribution in [2.45, 2.75) is 19.8 Å². The molecule has 0 saturated carbocycles. The van der Waals surface area contributed by atoms with Crippen LogP contribution in [0, 0.1) is 11.3 Å². The van der Waals surface area contributed by atoms with Gasteiger partial charge in [-0.25, -0.2) is 4.79 Å². The van der Waals surface area contributed by atoms with E-state index in [-0.39, 0.29) is 21.7 Å². The second-order valence-corrected chi connectivity index (χ2v) is 8.20. The Kier molecular flexibility index (Phi) is 5.55. The fourth-order valence-electron chi connectivity index (χ4n) is 3.56. The molecule has 0 aliphatic heterocycles. The van der Waals surface area contributed by atoms with Crippen molar-refractivity contribution in [2.24, 2.45) is 0 Å². The maximum Gasteiger partial charge on any atom is 0.349 e. The third-order valence-corrected chi connectivity index (χ3v) is 5.66. The zero-order valence-electron chi connectivity index (χ0n) is 17.3. The Labute approximate surface area is 192 Å². The van der Waals surface area contributed by atoms with E-state index >= 15 is 0 Å². The average Bonchev–Trinajstić information content (AvgIpc) is 3.12. The number of aromatic nitrogens is 4. The van der Waals surface area contributed by atoms with Crippen LogP contribution in [0.5, 0.6) is 5.75 Å². The van der Waals surface area contributed by atoms with Crippen LogP contribution < -0.4 is 16.0 Å². The number of benzene rings is 2. The molecule has 32 heavy (non-hydrogen) atoms. The number of ether oxygens (including phenoxy) is 1. The first-order valence-corrected chi connectivity index (χ1v) is 10.3. The number of halogens is 2. The van der Waals surface area contributed by atoms with E-state index in [1.54, 1.807) is 13.2 Å². The minimum atomic E-state index is -0.863. The van der Waals surface area contributed by atoms with E-state index in [2.05, 4.69) is 23.9 Å². The highest BCUT2D eigenvalue weighted by molar-refractivity contribution is 6.38. The largest absolute Gasteiger partial charge is 0.497 e. The summed E-state index contributed by atoms with van der Waals surface area (Å²) in [7, 11) is 1.62. The number of aromatic amines is 1. The van der Waals surface area contributed by atoms with Gasteiger partial charge in [0.15, 0.2) is 0 Å². The van der Waals surface area contributed by atoms with Crippen LogP contribution in [-0.4, -0.2) is 26.4 Å². The van der Waals surface area contributed by atoms with Crippen LogP contribution in [-0.2, 0) is 0 Å². The molecule has 0 radical (unpaired) electrons. The number of nitriles is 1. The van der Waals surface area contributed by atoms with Crippen molar-refractivity contribution in [3.05, 3.63) is 78.7 Å². The molecule has 0 saturated heterocycles. The van der Waals surface area contributed by atoms with Crippen molar-refractivity contribution in [3.8, 4) is 23.2 Å². The molecule has 8 nitrogen and oxygen atoms in total. The summed E-state index contributed by atoms with van der Waals surface area (Å²) in [5, 5.41) is 14.4. The maximum atomic E-state index is 12.2. The minimum absolute atomic E-state index is 0.212. The first-order valence-electron chi connectivity index (χ1n) is 9.57. The number of H-pyrrole nitrogens is 1. The monoisotopic (exact) mass is 469 g/mol. The van der Waals surface area contributed by atoms with Crippen LogP contribution in [0.25, 0.3) is 22.3 Å². The fourth-order valence-corrected chi connectivity index (χ4v) is 4.22. The predicted octanol–water partition coefficient (Wildman–Crippen LogP) is 4.18. The highest BCUT2D eigenvalue weighted by atomic mass is 35.5. The van der Waals surface area contributed by atoms with E-state index in [0.29, 0.717) is 5.69 Å². The molecule has 0 bridgehead atoms. The SMILES string of the molecule is COc1ccc2c(c1)c(C(C)C)cn2-c1c(Cl)cc(-n2nc(C#N)c(=O)[nH]c2=O)cc1Cl. The first kappa shape index (κ1) is 21.7. The Balaban J connectivity index is 1.95. The summed E-state index contributed by atoms with van der Waals surface area (Å²) < 4.78 is 8.14. The van der Waals surface area contributed by atoms with Crippen LogP contribution in [0.2, 0.25) is 10.0 Å². The molecule has 0 unspecified atom stereocenters. The van der Waals surface area contributed by atoms with Gasteiger partial charge in [-0.1, -0.05) is 37.0 Å². The third-order valence-electron chi connectivity index (χ3n) is 5.09.